The number of fused-ring (bicyclic) bond motifs is 4. The van der Waals surface area contributed by atoms with E-state index in [2.05, 4.69) is 38.8 Å². The summed E-state index contributed by atoms with van der Waals surface area (Å²) in [4.78, 5) is 4.35. The van der Waals surface area contributed by atoms with E-state index >= 15 is 5.21 Å². The molecule has 3 aliphatic heterocycles. The smallest absolute Gasteiger partial charge is 0.417 e. The third-order valence-corrected chi connectivity index (χ3v) is 16.6. The largest absolute Gasteiger partial charge is 0.618 e. The third-order valence-electron chi connectivity index (χ3n) is 12.1. The highest BCUT2D eigenvalue weighted by Crippen LogP contribution is 2.61. The first kappa shape index (κ1) is 32.5. The molecule has 2 atom stereocenters. The number of ether oxygens (including phenoxy) is 3. The molecule has 11 heteroatoms. The molecule has 5 aliphatic rings. The van der Waals surface area contributed by atoms with E-state index in [9.17, 15) is 13.2 Å². The number of alkyl halides is 3. The van der Waals surface area contributed by atoms with Gasteiger partial charge in [-0.05, 0) is 58.0 Å². The number of pyridine rings is 2. The summed E-state index contributed by atoms with van der Waals surface area (Å²) in [5.41, 5.74) is 3.17. The van der Waals surface area contributed by atoms with Crippen LogP contribution in [-0.2, 0) is 36.8 Å². The number of halogens is 3. The van der Waals surface area contributed by atoms with E-state index in [1.807, 2.05) is 0 Å². The van der Waals surface area contributed by atoms with Gasteiger partial charge in [0.2, 0.25) is 5.69 Å². The molecule has 0 bridgehead atoms. The molecule has 0 aromatic carbocycles. The number of hydrogen-bond donors (Lipinski definition) is 0. The Bertz CT molecular complexity index is 1470. The second-order valence-electron chi connectivity index (χ2n) is 15.9. The fraction of sp³-hybridized carbons (Fsp3) is 0.714. The molecule has 2 aromatic heterocycles. The maximum absolute atomic E-state index is 15.0. The van der Waals surface area contributed by atoms with Crippen molar-refractivity contribution in [3.8, 4) is 0 Å². The molecular formula is C35H47F3N2O5Si-. The van der Waals surface area contributed by atoms with E-state index in [4.69, 9.17) is 18.6 Å². The molecule has 0 N–H and O–H groups in total. The van der Waals surface area contributed by atoms with Gasteiger partial charge in [-0.2, -0.15) is 17.9 Å². The van der Waals surface area contributed by atoms with Crippen LogP contribution in [0.1, 0.15) is 130 Å². The zero-order valence-electron chi connectivity index (χ0n) is 27.7. The van der Waals surface area contributed by atoms with Crippen LogP contribution in [0.3, 0.4) is 0 Å². The van der Waals surface area contributed by atoms with Crippen molar-refractivity contribution in [2.75, 3.05) is 26.4 Å². The van der Waals surface area contributed by atoms with E-state index < -0.39 is 31.8 Å². The summed E-state index contributed by atoms with van der Waals surface area (Å²) in [6, 6.07) is 2.49. The first-order valence-electron chi connectivity index (χ1n) is 17.0. The van der Waals surface area contributed by atoms with Crippen molar-refractivity contribution >= 4 is 8.32 Å². The van der Waals surface area contributed by atoms with Gasteiger partial charge in [0.05, 0.1) is 22.4 Å². The average Bonchev–Trinajstić information content (AvgIpc) is 3.29. The summed E-state index contributed by atoms with van der Waals surface area (Å²) >= 11 is 0. The Morgan fingerprint density at radius 1 is 0.978 bits per heavy atom. The van der Waals surface area contributed by atoms with Crippen LogP contribution in [-0.4, -0.2) is 39.7 Å². The molecule has 2 aliphatic carbocycles. The van der Waals surface area contributed by atoms with Gasteiger partial charge in [-0.3, -0.25) is 4.98 Å². The first-order chi connectivity index (χ1) is 21.6. The summed E-state index contributed by atoms with van der Waals surface area (Å²) in [6.07, 6.45) is 2.84. The zero-order valence-corrected chi connectivity index (χ0v) is 28.7. The van der Waals surface area contributed by atoms with Gasteiger partial charge in [-0.25, -0.2) is 0 Å². The summed E-state index contributed by atoms with van der Waals surface area (Å²) in [7, 11) is -2.29. The van der Waals surface area contributed by atoms with E-state index in [0.717, 1.165) is 60.3 Å². The van der Waals surface area contributed by atoms with Crippen molar-refractivity contribution in [1.29, 1.82) is 0 Å². The minimum Gasteiger partial charge on any atom is -0.618 e. The molecule has 5 heterocycles. The van der Waals surface area contributed by atoms with Crippen LogP contribution in [0.2, 0.25) is 18.1 Å². The topological polar surface area (TPSA) is 76.8 Å². The number of hydrogen-bond acceptors (Lipinski definition) is 6. The number of aromatic nitrogens is 2. The predicted octanol–water partition coefficient (Wildman–Crippen LogP) is 7.93. The van der Waals surface area contributed by atoms with Gasteiger partial charge in [0, 0.05) is 69.5 Å². The van der Waals surface area contributed by atoms with E-state index in [0.29, 0.717) is 69.9 Å². The second-order valence-corrected chi connectivity index (χ2v) is 20.6. The molecule has 7 nitrogen and oxygen atoms in total. The molecule has 2 aromatic rings. The highest BCUT2D eigenvalue weighted by Gasteiger charge is 2.58. The Morgan fingerprint density at radius 2 is 1.65 bits per heavy atom. The van der Waals surface area contributed by atoms with Gasteiger partial charge in [0.1, 0.15) is 11.7 Å². The number of nitrogens with zero attached hydrogens (tertiary/aromatic N) is 2. The molecule has 3 fully saturated rings. The molecular weight excluding hydrogens is 613 g/mol. The maximum atomic E-state index is 15.0. The molecule has 253 valence electrons. The van der Waals surface area contributed by atoms with Crippen molar-refractivity contribution in [3.63, 3.8) is 0 Å². The summed E-state index contributed by atoms with van der Waals surface area (Å²) < 4.78 is 68.0. The number of rotatable bonds is 4. The van der Waals surface area contributed by atoms with Gasteiger partial charge in [-0.15, -0.1) is 18.1 Å². The normalized spacial score (nSPS) is 26.2. The lowest BCUT2D eigenvalue weighted by Gasteiger charge is -2.55. The zero-order chi connectivity index (χ0) is 32.7. The van der Waals surface area contributed by atoms with E-state index in [1.54, 1.807) is 0 Å². The van der Waals surface area contributed by atoms with Crippen LogP contribution >= 0.6 is 0 Å². The van der Waals surface area contributed by atoms with Crippen LogP contribution < -0.4 is 4.73 Å². The third kappa shape index (κ3) is 5.32. The molecule has 46 heavy (non-hydrogen) atoms. The highest BCUT2D eigenvalue weighted by molar-refractivity contribution is 6.74. The average molecular weight is 661 g/mol. The lowest BCUT2D eigenvalue weighted by atomic mass is 9.58. The Hall–Kier alpha value is -2.05. The van der Waals surface area contributed by atoms with Gasteiger partial charge >= 0.3 is 6.18 Å². The molecule has 2 spiro atoms. The predicted molar refractivity (Wildman–Crippen MR) is 168 cm³/mol. The van der Waals surface area contributed by atoms with Crippen LogP contribution in [0.15, 0.2) is 18.3 Å². The van der Waals surface area contributed by atoms with Crippen molar-refractivity contribution in [2.24, 2.45) is 5.41 Å². The van der Waals surface area contributed by atoms with Crippen molar-refractivity contribution in [3.05, 3.63) is 62.9 Å². The molecule has 2 saturated heterocycles. The molecule has 0 unspecified atom stereocenters. The van der Waals surface area contributed by atoms with E-state index in [1.165, 1.54) is 10.8 Å². The molecule has 7 rings (SSSR count). The van der Waals surface area contributed by atoms with Crippen LogP contribution in [0.5, 0.6) is 0 Å². The van der Waals surface area contributed by atoms with E-state index in [-0.39, 0.29) is 22.5 Å². The Labute approximate surface area is 270 Å². The second kappa shape index (κ2) is 11.3. The molecule has 0 radical (unpaired) electrons. The fourth-order valence-electron chi connectivity index (χ4n) is 8.37. The summed E-state index contributed by atoms with van der Waals surface area (Å²) in [6.45, 7) is 13.4. The molecule has 0 amide bonds. The summed E-state index contributed by atoms with van der Waals surface area (Å²) in [5, 5.41) is 15.0. The minimum atomic E-state index is -4.50. The van der Waals surface area contributed by atoms with Crippen molar-refractivity contribution in [2.45, 2.75) is 127 Å². The maximum Gasteiger partial charge on any atom is 0.417 e. The lowest BCUT2D eigenvalue weighted by molar-refractivity contribution is -0.627. The highest BCUT2D eigenvalue weighted by atomic mass is 28.4. The standard InChI is InChI=1S/C35H47F3N2O5Si/c1-32(2,3)46(4,5)45-26-20-33(11-6-12-33)19-25-27(26)29-28(30(40(25)41)22-9-15-42-16-10-22)31(44-34(29)13-17-43-18-14-34)24-8-7-23(21-39-24)35(36,37)38/h7-8,21-22,26,31H,6,9-20H2,1-5H3/q-1/t26-,31+/m0/s1. The van der Waals surface area contributed by atoms with Gasteiger partial charge in [-0.1, -0.05) is 27.2 Å². The van der Waals surface area contributed by atoms with Gasteiger partial charge in [0.15, 0.2) is 5.69 Å². The molecule has 1 saturated carbocycles. The van der Waals surface area contributed by atoms with Crippen molar-refractivity contribution < 1.29 is 36.5 Å². The Kier molecular flexibility index (Phi) is 7.95. The van der Waals surface area contributed by atoms with Crippen LogP contribution in [0, 0.1) is 10.6 Å². The first-order valence-corrected chi connectivity index (χ1v) is 19.9. The lowest BCUT2D eigenvalue weighted by Crippen LogP contribution is -2.52. The monoisotopic (exact) mass is 660 g/mol. The van der Waals surface area contributed by atoms with Gasteiger partial charge < -0.3 is 23.8 Å². The van der Waals surface area contributed by atoms with Crippen LogP contribution in [0.25, 0.3) is 0 Å². The fourth-order valence-corrected chi connectivity index (χ4v) is 9.64. The van der Waals surface area contributed by atoms with Gasteiger partial charge in [0.25, 0.3) is 0 Å². The Morgan fingerprint density at radius 3 is 2.22 bits per heavy atom. The SMILES string of the molecule is CC(C)(C)[Si-](C)(C)O[C@H]1CC2(CCC2)Cc2c1c1c(c(C3CCOCC3)[n+]2[O-])[C@@H](c2ccc(C(F)(F)F)cn2)OC12CCOCC2. The Balaban J connectivity index is 1.49. The quantitative estimate of drug-likeness (QED) is 0.188. The summed E-state index contributed by atoms with van der Waals surface area (Å²) in [5.74, 6) is -0.0557. The minimum absolute atomic E-state index is 0.0322. The van der Waals surface area contributed by atoms with Crippen molar-refractivity contribution in [1.82, 2.24) is 4.98 Å². The van der Waals surface area contributed by atoms with Crippen LogP contribution in [0.4, 0.5) is 13.2 Å².